The van der Waals surface area contributed by atoms with Crippen molar-refractivity contribution in [2.75, 3.05) is 16.4 Å². The number of hydrogen-bond acceptors (Lipinski definition) is 18. The third-order valence-corrected chi connectivity index (χ3v) is 12.9. The Hall–Kier alpha value is -9.78. The van der Waals surface area contributed by atoms with Crippen LogP contribution in [0.15, 0.2) is 123 Å². The van der Waals surface area contributed by atoms with Gasteiger partial charge in [-0.05, 0) is 107 Å². The van der Waals surface area contributed by atoms with Crippen molar-refractivity contribution in [3.05, 3.63) is 179 Å². The number of amides is 4. The molecule has 0 aromatic carbocycles. The number of carbonyl (C=O) groups excluding carboxylic acids is 5. The number of anilines is 5. The topological polar surface area (TPSA) is 374 Å². The molecular weight excluding hydrogens is 1170 g/mol. The van der Waals surface area contributed by atoms with E-state index >= 15 is 0 Å². The van der Waals surface area contributed by atoms with Gasteiger partial charge in [-0.1, -0.05) is 37.0 Å². The van der Waals surface area contributed by atoms with Crippen LogP contribution in [0.4, 0.5) is 50.8 Å². The molecule has 3 atom stereocenters. The molecule has 7 aromatic rings. The van der Waals surface area contributed by atoms with Gasteiger partial charge in [0.1, 0.15) is 103 Å². The van der Waals surface area contributed by atoms with Crippen LogP contribution in [0.3, 0.4) is 0 Å². The van der Waals surface area contributed by atoms with Gasteiger partial charge in [-0.15, -0.1) is 0 Å². The fourth-order valence-electron chi connectivity index (χ4n) is 8.01. The molecule has 0 spiro atoms. The summed E-state index contributed by atoms with van der Waals surface area (Å²) in [6.45, 7) is 9.77. The highest BCUT2D eigenvalue weighted by Gasteiger charge is 2.48. The molecule has 10 N–H and O–H groups in total. The summed E-state index contributed by atoms with van der Waals surface area (Å²) in [6, 6.07) is 16.4. The molecule has 10 rings (SSSR count). The molecule has 3 aliphatic heterocycles. The summed E-state index contributed by atoms with van der Waals surface area (Å²) in [7, 11) is 0. The zero-order valence-electron chi connectivity index (χ0n) is 45.7. The van der Waals surface area contributed by atoms with Crippen LogP contribution in [-0.2, 0) is 21.8 Å². The number of Topliss-reactive ketones (excluding diaryl/α,β-unsaturated/α-hetero) is 1. The van der Waals surface area contributed by atoms with Crippen LogP contribution >= 0.6 is 23.2 Å². The normalized spacial score (nSPS) is 17.5. The van der Waals surface area contributed by atoms with Gasteiger partial charge in [0.15, 0.2) is 0 Å². The number of alkyl halides is 5. The number of aromatic nitrogens is 10. The van der Waals surface area contributed by atoms with E-state index in [0.29, 0.717) is 47.4 Å². The SMILES string of the molecule is CC(=O)CC(F)F.CC1(CC(F)(F)F)NC(=O)c2ccc(Nc3ccncn3)c(=O)n21.CCC1(C)NC(=O)c2ccc(Cl)c(=O)n21.CCC1(C)NC(=O)c2ccc(Nc3ccncn3)c(=O)n21.NC(=O)c1ccc(Cl)c(=O)[nH]1.Nc1ccncn1. The molecule has 7 aromatic heterocycles. The van der Waals surface area contributed by atoms with Crippen molar-refractivity contribution < 1.29 is 45.9 Å². The number of halogens is 7. The Bertz CT molecular complexity index is 3820. The summed E-state index contributed by atoms with van der Waals surface area (Å²) in [5.41, 5.74) is 6.04. The van der Waals surface area contributed by atoms with Crippen molar-refractivity contribution >= 4 is 81.4 Å². The van der Waals surface area contributed by atoms with Crippen molar-refractivity contribution in [2.45, 2.75) is 96.8 Å². The molecule has 0 fully saturated rings. The second-order valence-corrected chi connectivity index (χ2v) is 19.5. The number of aromatic amines is 1. The van der Waals surface area contributed by atoms with E-state index in [1.54, 1.807) is 49.6 Å². The van der Waals surface area contributed by atoms with Gasteiger partial charge in [0, 0.05) is 18.6 Å². The quantitative estimate of drug-likeness (QED) is 0.0761. The zero-order valence-corrected chi connectivity index (χ0v) is 47.2. The second-order valence-electron chi connectivity index (χ2n) is 18.7. The highest BCUT2D eigenvalue weighted by Crippen LogP contribution is 2.34. The van der Waals surface area contributed by atoms with Crippen LogP contribution in [0, 0.1) is 0 Å². The summed E-state index contributed by atoms with van der Waals surface area (Å²) in [5, 5.41) is 13.7. The van der Waals surface area contributed by atoms with Crippen LogP contribution in [-0.4, -0.2) is 90.6 Å². The first-order chi connectivity index (χ1) is 39.9. The molecule has 26 nitrogen and oxygen atoms in total. The number of nitrogens with one attached hydrogen (secondary N) is 6. The average molecular weight is 1230 g/mol. The van der Waals surface area contributed by atoms with E-state index in [1.165, 1.54) is 70.7 Å². The molecule has 0 bridgehead atoms. The van der Waals surface area contributed by atoms with Gasteiger partial charge in [-0.25, -0.2) is 38.7 Å². The van der Waals surface area contributed by atoms with Crippen molar-refractivity contribution in [3.8, 4) is 0 Å². The lowest BCUT2D eigenvalue weighted by Gasteiger charge is -2.28. The Labute approximate surface area is 487 Å². The molecule has 0 radical (unpaired) electrons. The molecule has 0 saturated heterocycles. The zero-order chi connectivity index (χ0) is 63.2. The molecule has 4 amide bonds. The third kappa shape index (κ3) is 16.9. The van der Waals surface area contributed by atoms with Crippen LogP contribution < -0.4 is 60.3 Å². The smallest absolute Gasteiger partial charge is 0.384 e. The first-order valence-corrected chi connectivity index (χ1v) is 25.7. The lowest BCUT2D eigenvalue weighted by atomic mass is 10.1. The van der Waals surface area contributed by atoms with E-state index in [4.69, 9.17) is 34.7 Å². The van der Waals surface area contributed by atoms with E-state index in [9.17, 15) is 65.1 Å². The molecule has 0 aliphatic carbocycles. The van der Waals surface area contributed by atoms with Gasteiger partial charge in [0.2, 0.25) is 6.43 Å². The maximum absolute atomic E-state index is 12.9. The number of nitrogen functional groups attached to an aromatic ring is 1. The lowest BCUT2D eigenvalue weighted by molar-refractivity contribution is -0.155. The maximum Gasteiger partial charge on any atom is 0.393 e. The maximum atomic E-state index is 12.9. The number of carbonyl (C=O) groups is 5. The summed E-state index contributed by atoms with van der Waals surface area (Å²) >= 11 is 11.1. The van der Waals surface area contributed by atoms with Crippen molar-refractivity contribution in [1.82, 2.24) is 64.5 Å². The van der Waals surface area contributed by atoms with E-state index in [-0.39, 0.29) is 50.1 Å². The standard InChI is InChI=1S/C14H12F3N5O2.C14H15N5O2.C10H11ClN2O2.C6H5ClN2O2.C4H6F2O.C4H5N3/c1-13(6-14(15,16)17)21-11(23)9-3-2-8(12(24)22(9)13)20-10-4-5-18-7-19-10;1-3-14(2)18-12(20)10-5-4-9(13(21)19(10)14)17-11-6-7-15-8-16-11;1-3-10(2)12-8(14)7-5-4-6(11)9(15)13(7)10;7-3-1-2-4(5(8)10)9-6(3)11;1-3(7)2-4(5)6;5-4-1-2-6-3-7-4/h2-5,7H,6H2,1H3,(H,21,23)(H,18,19,20);4-8H,3H2,1-2H3,(H,18,20)(H,15,16,17);4-5H,3H2,1-2H3,(H,12,14);1-2H,(H2,8,10)(H,9,11);4H,2H2,1H3;1-3H,(H2,5,6,7). The molecule has 450 valence electrons. The Morgan fingerprint density at radius 2 is 1.02 bits per heavy atom. The Morgan fingerprint density at radius 1 is 0.612 bits per heavy atom. The van der Waals surface area contributed by atoms with Crippen LogP contribution in [0.2, 0.25) is 10.0 Å². The first-order valence-electron chi connectivity index (χ1n) is 24.9. The van der Waals surface area contributed by atoms with Crippen molar-refractivity contribution in [3.63, 3.8) is 0 Å². The molecule has 85 heavy (non-hydrogen) atoms. The number of H-pyrrole nitrogens is 1. The fourth-order valence-corrected chi connectivity index (χ4v) is 8.26. The highest BCUT2D eigenvalue weighted by molar-refractivity contribution is 6.30. The number of fused-ring (bicyclic) bond motifs is 3. The van der Waals surface area contributed by atoms with E-state index in [2.05, 4.69) is 61.5 Å². The number of ketones is 1. The Balaban J connectivity index is 0.000000197. The van der Waals surface area contributed by atoms with E-state index in [0.717, 1.165) is 18.4 Å². The minimum Gasteiger partial charge on any atom is -0.384 e. The first kappa shape index (κ1) is 66.0. The lowest BCUT2D eigenvalue weighted by Crippen LogP contribution is -2.47. The number of nitrogens with zero attached hydrogens (tertiary/aromatic N) is 9. The summed E-state index contributed by atoms with van der Waals surface area (Å²) in [6.07, 6.45) is 0.931. The number of rotatable bonds is 10. The van der Waals surface area contributed by atoms with Gasteiger partial charge in [0.05, 0.1) is 12.8 Å². The van der Waals surface area contributed by atoms with Crippen LogP contribution in [0.5, 0.6) is 0 Å². The minimum atomic E-state index is -4.56. The average Bonchev–Trinajstić information content (AvgIpc) is 1.74. The number of hydrogen-bond donors (Lipinski definition) is 8. The predicted molar refractivity (Wildman–Crippen MR) is 301 cm³/mol. The number of primary amides is 1. The molecule has 10 heterocycles. The van der Waals surface area contributed by atoms with Gasteiger partial charge in [-0.3, -0.25) is 56.9 Å². The Kier molecular flexibility index (Phi) is 21.7. The summed E-state index contributed by atoms with van der Waals surface area (Å²) < 4.78 is 64.4. The number of pyridine rings is 4. The third-order valence-electron chi connectivity index (χ3n) is 12.3. The molecule has 3 aliphatic rings. The van der Waals surface area contributed by atoms with E-state index < -0.39 is 71.1 Å². The minimum absolute atomic E-state index is 0.00218. The molecule has 33 heteroatoms. The fraction of sp³-hybridized carbons (Fsp3) is 0.288. The predicted octanol–water partition coefficient (Wildman–Crippen LogP) is 5.70. The second kappa shape index (κ2) is 28.0. The van der Waals surface area contributed by atoms with Gasteiger partial charge in [-0.2, -0.15) is 13.2 Å². The summed E-state index contributed by atoms with van der Waals surface area (Å²) in [4.78, 5) is 129. The van der Waals surface area contributed by atoms with Crippen molar-refractivity contribution in [1.29, 1.82) is 0 Å². The van der Waals surface area contributed by atoms with Crippen LogP contribution in [0.25, 0.3) is 0 Å². The van der Waals surface area contributed by atoms with Crippen LogP contribution in [0.1, 0.15) is 109 Å². The number of nitrogens with two attached hydrogens (primary N) is 2. The van der Waals surface area contributed by atoms with E-state index in [1.807, 2.05) is 20.8 Å². The van der Waals surface area contributed by atoms with Gasteiger partial charge < -0.3 is 43.0 Å². The largest absolute Gasteiger partial charge is 0.393 e. The summed E-state index contributed by atoms with van der Waals surface area (Å²) in [5.74, 6) is -0.995. The molecule has 0 saturated carbocycles. The monoisotopic (exact) mass is 1230 g/mol. The van der Waals surface area contributed by atoms with Gasteiger partial charge >= 0.3 is 6.18 Å². The Morgan fingerprint density at radius 3 is 1.36 bits per heavy atom. The highest BCUT2D eigenvalue weighted by atomic mass is 35.5. The molecule has 3 unspecified atom stereocenters. The molecular formula is C52H54Cl2F5N17O9. The van der Waals surface area contributed by atoms with Crippen molar-refractivity contribution in [2.24, 2.45) is 5.73 Å². The van der Waals surface area contributed by atoms with Gasteiger partial charge in [0.25, 0.3) is 45.9 Å².